The smallest absolute Gasteiger partial charge is 0.343 e. The third-order valence-electron chi connectivity index (χ3n) is 5.78. The minimum absolute atomic E-state index is 0.0426. The van der Waals surface area contributed by atoms with Crippen LogP contribution in [0.15, 0.2) is 72.1 Å². The van der Waals surface area contributed by atoms with Crippen LogP contribution >= 0.6 is 23.2 Å². The van der Waals surface area contributed by atoms with Crippen molar-refractivity contribution in [3.8, 4) is 23.3 Å². The molecule has 3 aromatic rings. The number of nitrogens with zero attached hydrogens (tertiary/aromatic N) is 1. The molecule has 1 aliphatic heterocycles. The number of esters is 1. The Morgan fingerprint density at radius 2 is 1.75 bits per heavy atom. The molecule has 36 heavy (non-hydrogen) atoms. The van der Waals surface area contributed by atoms with Crippen LogP contribution in [0.4, 0.5) is 0 Å². The van der Waals surface area contributed by atoms with Crippen molar-refractivity contribution >= 4 is 29.2 Å². The van der Waals surface area contributed by atoms with E-state index in [1.165, 1.54) is 0 Å². The van der Waals surface area contributed by atoms with Gasteiger partial charge in [-0.1, -0.05) is 55.1 Å². The average Bonchev–Trinajstić information content (AvgIpc) is 2.86. The van der Waals surface area contributed by atoms with Gasteiger partial charge in [-0.25, -0.2) is 4.79 Å². The third kappa shape index (κ3) is 5.59. The van der Waals surface area contributed by atoms with Gasteiger partial charge in [0.2, 0.25) is 5.88 Å². The van der Waals surface area contributed by atoms with Crippen molar-refractivity contribution < 1.29 is 19.0 Å². The van der Waals surface area contributed by atoms with Crippen molar-refractivity contribution in [1.29, 1.82) is 5.26 Å². The second-order valence-corrected chi connectivity index (χ2v) is 9.10. The molecule has 0 spiro atoms. The predicted octanol–water partition coefficient (Wildman–Crippen LogP) is 7.00. The van der Waals surface area contributed by atoms with Gasteiger partial charge in [0.05, 0.1) is 18.1 Å². The molecule has 0 saturated carbocycles. The highest BCUT2D eigenvalue weighted by Crippen LogP contribution is 2.45. The summed E-state index contributed by atoms with van der Waals surface area (Å²) >= 11 is 12.5. The number of hydrogen-bond acceptors (Lipinski definition) is 6. The largest absolute Gasteiger partial charge is 0.494 e. The Hall–Kier alpha value is -3.66. The minimum atomic E-state index is -0.557. The van der Waals surface area contributed by atoms with Crippen molar-refractivity contribution in [2.45, 2.75) is 32.1 Å². The molecule has 0 saturated heterocycles. The molecule has 1 heterocycles. The maximum Gasteiger partial charge on any atom is 0.343 e. The zero-order chi connectivity index (χ0) is 25.7. The summed E-state index contributed by atoms with van der Waals surface area (Å²) in [6.07, 6.45) is 3.22. The van der Waals surface area contributed by atoms with Crippen molar-refractivity contribution in [3.05, 3.63) is 98.9 Å². The lowest BCUT2D eigenvalue weighted by atomic mass is 9.83. The molecule has 0 radical (unpaired) electrons. The van der Waals surface area contributed by atoms with Crippen molar-refractivity contribution in [2.24, 2.45) is 5.73 Å². The number of benzene rings is 3. The van der Waals surface area contributed by atoms with E-state index < -0.39 is 11.9 Å². The highest BCUT2D eigenvalue weighted by atomic mass is 35.5. The average molecular weight is 523 g/mol. The number of halogens is 2. The molecule has 1 unspecified atom stereocenters. The van der Waals surface area contributed by atoms with Gasteiger partial charge in [0.1, 0.15) is 28.9 Å². The van der Waals surface area contributed by atoms with E-state index in [0.717, 1.165) is 19.3 Å². The number of nitrogens with two attached hydrogens (primary N) is 1. The second kappa shape index (κ2) is 11.4. The Morgan fingerprint density at radius 3 is 2.44 bits per heavy atom. The zero-order valence-electron chi connectivity index (χ0n) is 19.6. The van der Waals surface area contributed by atoms with Crippen LogP contribution in [0.1, 0.15) is 53.6 Å². The van der Waals surface area contributed by atoms with Gasteiger partial charge in [-0.15, -0.1) is 0 Å². The zero-order valence-corrected chi connectivity index (χ0v) is 21.1. The normalized spacial score (nSPS) is 14.4. The molecule has 1 aliphatic rings. The number of hydrogen-bond donors (Lipinski definition) is 1. The molecule has 8 heteroatoms. The first-order chi connectivity index (χ1) is 17.4. The molecule has 2 N–H and O–H groups in total. The molecular weight excluding hydrogens is 499 g/mol. The van der Waals surface area contributed by atoms with Crippen LogP contribution < -0.4 is 19.9 Å². The molecule has 0 aliphatic carbocycles. The van der Waals surface area contributed by atoms with Gasteiger partial charge in [0, 0.05) is 21.7 Å². The molecule has 1 atom stereocenters. The third-order valence-corrected chi connectivity index (χ3v) is 6.34. The van der Waals surface area contributed by atoms with Crippen LogP contribution in [-0.4, -0.2) is 12.6 Å². The van der Waals surface area contributed by atoms with E-state index in [2.05, 4.69) is 13.0 Å². The minimum Gasteiger partial charge on any atom is -0.494 e. The first-order valence-corrected chi connectivity index (χ1v) is 12.3. The lowest BCUT2D eigenvalue weighted by Crippen LogP contribution is -2.21. The number of unbranched alkanes of at least 4 members (excludes halogenated alkanes) is 2. The maximum absolute atomic E-state index is 12.7. The van der Waals surface area contributed by atoms with Crippen LogP contribution in [0.25, 0.3) is 0 Å². The topological polar surface area (TPSA) is 94.6 Å². The lowest BCUT2D eigenvalue weighted by molar-refractivity contribution is 0.0734. The van der Waals surface area contributed by atoms with E-state index in [9.17, 15) is 10.1 Å². The van der Waals surface area contributed by atoms with Gasteiger partial charge >= 0.3 is 5.97 Å². The molecule has 0 bridgehead atoms. The number of fused-ring (bicyclic) bond motifs is 1. The predicted molar refractivity (Wildman–Crippen MR) is 139 cm³/mol. The summed E-state index contributed by atoms with van der Waals surface area (Å²) in [7, 11) is 0. The molecular formula is C28H24Cl2N2O4. The standard InChI is InChI=1S/C28H24Cl2N2O4/c1-2-3-4-13-34-19-8-5-17(6-9-19)28(33)35-20-10-12-22-25(15-20)36-27(32)23(16-31)26(22)21-11-7-18(29)14-24(21)30/h5-12,14-15,26H,2-4,13,32H2,1H3. The second-order valence-electron chi connectivity index (χ2n) is 8.26. The van der Waals surface area contributed by atoms with E-state index in [1.807, 2.05) is 0 Å². The first kappa shape index (κ1) is 25.4. The summed E-state index contributed by atoms with van der Waals surface area (Å²) in [5, 5.41) is 10.6. The Kier molecular flexibility index (Phi) is 8.04. The summed E-state index contributed by atoms with van der Waals surface area (Å²) in [5.41, 5.74) is 8.00. The SMILES string of the molecule is CCCCCOc1ccc(C(=O)Oc2ccc3c(c2)OC(N)=C(C#N)C3c2ccc(Cl)cc2Cl)cc1. The van der Waals surface area contributed by atoms with E-state index in [-0.39, 0.29) is 17.2 Å². The van der Waals surface area contributed by atoms with E-state index >= 15 is 0 Å². The molecule has 0 amide bonds. The summed E-state index contributed by atoms with van der Waals surface area (Å²) in [6, 6.07) is 18.9. The van der Waals surface area contributed by atoms with Gasteiger partial charge in [-0.3, -0.25) is 0 Å². The van der Waals surface area contributed by atoms with Gasteiger partial charge in [-0.2, -0.15) is 5.26 Å². The van der Waals surface area contributed by atoms with E-state index in [0.29, 0.717) is 44.8 Å². The van der Waals surface area contributed by atoms with Gasteiger partial charge in [-0.05, 0) is 54.4 Å². The molecule has 6 nitrogen and oxygen atoms in total. The fourth-order valence-electron chi connectivity index (χ4n) is 3.95. The van der Waals surface area contributed by atoms with Crippen molar-refractivity contribution in [2.75, 3.05) is 6.61 Å². The number of nitriles is 1. The van der Waals surface area contributed by atoms with Crippen LogP contribution in [0, 0.1) is 11.3 Å². The summed E-state index contributed by atoms with van der Waals surface area (Å²) in [4.78, 5) is 12.7. The summed E-state index contributed by atoms with van der Waals surface area (Å²) in [6.45, 7) is 2.78. The Bertz CT molecular complexity index is 1350. The Morgan fingerprint density at radius 1 is 1.03 bits per heavy atom. The molecule has 4 rings (SSSR count). The summed E-state index contributed by atoms with van der Waals surface area (Å²) in [5.74, 6) is 0.211. The highest BCUT2D eigenvalue weighted by molar-refractivity contribution is 6.35. The van der Waals surface area contributed by atoms with Crippen LogP contribution in [-0.2, 0) is 0 Å². The van der Waals surface area contributed by atoms with E-state index in [4.69, 9.17) is 43.1 Å². The van der Waals surface area contributed by atoms with Crippen molar-refractivity contribution in [3.63, 3.8) is 0 Å². The number of carbonyl (C=O) groups excluding carboxylic acids is 1. The number of carbonyl (C=O) groups is 1. The summed E-state index contributed by atoms with van der Waals surface area (Å²) < 4.78 is 17.0. The molecule has 0 fully saturated rings. The fraction of sp³-hybridized carbons (Fsp3) is 0.214. The maximum atomic E-state index is 12.7. The van der Waals surface area contributed by atoms with Gasteiger partial charge in [0.15, 0.2) is 0 Å². The number of ether oxygens (including phenoxy) is 3. The monoisotopic (exact) mass is 522 g/mol. The van der Waals surface area contributed by atoms with E-state index in [1.54, 1.807) is 60.7 Å². The number of allylic oxidation sites excluding steroid dienone is 1. The lowest BCUT2D eigenvalue weighted by Gasteiger charge is -2.27. The molecule has 0 aromatic heterocycles. The fourth-order valence-corrected chi connectivity index (χ4v) is 4.47. The van der Waals surface area contributed by atoms with Crippen LogP contribution in [0.3, 0.4) is 0 Å². The first-order valence-electron chi connectivity index (χ1n) is 11.5. The van der Waals surface area contributed by atoms with Crippen molar-refractivity contribution in [1.82, 2.24) is 0 Å². The molecule has 184 valence electrons. The van der Waals surface area contributed by atoms with Gasteiger partial charge in [0.25, 0.3) is 0 Å². The van der Waals surface area contributed by atoms with Crippen LogP contribution in [0.5, 0.6) is 17.2 Å². The molecule has 3 aromatic carbocycles. The van der Waals surface area contributed by atoms with Crippen LogP contribution in [0.2, 0.25) is 10.0 Å². The Labute approximate surface area is 219 Å². The Balaban J connectivity index is 1.54. The van der Waals surface area contributed by atoms with Gasteiger partial charge < -0.3 is 19.9 Å². The number of rotatable bonds is 8. The highest BCUT2D eigenvalue weighted by Gasteiger charge is 2.32. The quantitative estimate of drug-likeness (QED) is 0.194.